The molecule has 0 saturated carbocycles. The highest BCUT2D eigenvalue weighted by Crippen LogP contribution is 2.15. The standard InChI is InChI=1S/C12H15NO3S/c1-16-12-4-2-10(3-5-12)8-13-11-6-7-17(14,15)9-11/h2-5,8,11H,6-7,9H2,1H3/t11-/m1/s1. The van der Waals surface area contributed by atoms with E-state index in [1.165, 1.54) is 0 Å². The highest BCUT2D eigenvalue weighted by atomic mass is 32.2. The van der Waals surface area contributed by atoms with Crippen LogP contribution in [0.15, 0.2) is 29.3 Å². The SMILES string of the molecule is COc1ccc(C=N[C@@H]2CCS(=O)(=O)C2)cc1. The van der Waals surface area contributed by atoms with E-state index < -0.39 is 9.84 Å². The van der Waals surface area contributed by atoms with Crippen LogP contribution in [-0.4, -0.2) is 39.3 Å². The maximum Gasteiger partial charge on any atom is 0.152 e. The Morgan fingerprint density at radius 3 is 2.59 bits per heavy atom. The maximum absolute atomic E-state index is 11.2. The average molecular weight is 253 g/mol. The number of hydrogen-bond acceptors (Lipinski definition) is 4. The molecule has 1 aliphatic heterocycles. The smallest absolute Gasteiger partial charge is 0.152 e. The Hall–Kier alpha value is -1.36. The van der Waals surface area contributed by atoms with Gasteiger partial charge in [-0.1, -0.05) is 0 Å². The number of rotatable bonds is 3. The van der Waals surface area contributed by atoms with E-state index in [1.54, 1.807) is 13.3 Å². The van der Waals surface area contributed by atoms with E-state index in [4.69, 9.17) is 4.74 Å². The van der Waals surface area contributed by atoms with Crippen molar-refractivity contribution in [3.8, 4) is 5.75 Å². The van der Waals surface area contributed by atoms with Crippen LogP contribution in [0.2, 0.25) is 0 Å². The normalized spacial score (nSPS) is 23.0. The molecule has 0 aromatic heterocycles. The van der Waals surface area contributed by atoms with Crippen LogP contribution in [0, 0.1) is 0 Å². The van der Waals surface area contributed by atoms with Crippen molar-refractivity contribution in [3.05, 3.63) is 29.8 Å². The van der Waals surface area contributed by atoms with Crippen LogP contribution in [0.25, 0.3) is 0 Å². The fourth-order valence-electron chi connectivity index (χ4n) is 1.77. The zero-order chi connectivity index (χ0) is 12.3. The summed E-state index contributed by atoms with van der Waals surface area (Å²) in [6.07, 6.45) is 2.36. The first-order valence-electron chi connectivity index (χ1n) is 5.47. The minimum absolute atomic E-state index is 0.0814. The van der Waals surface area contributed by atoms with Gasteiger partial charge in [0, 0.05) is 6.21 Å². The second-order valence-corrected chi connectivity index (χ2v) is 6.34. The van der Waals surface area contributed by atoms with Gasteiger partial charge in [-0.05, 0) is 36.2 Å². The fourth-order valence-corrected chi connectivity index (χ4v) is 3.41. The van der Waals surface area contributed by atoms with Crippen molar-refractivity contribution in [2.24, 2.45) is 4.99 Å². The van der Waals surface area contributed by atoms with Gasteiger partial charge in [-0.25, -0.2) is 8.42 Å². The Labute approximate surface area is 101 Å². The summed E-state index contributed by atoms with van der Waals surface area (Å²) in [5.74, 6) is 1.24. The van der Waals surface area contributed by atoms with Crippen molar-refractivity contribution >= 4 is 16.1 Å². The van der Waals surface area contributed by atoms with Gasteiger partial charge >= 0.3 is 0 Å². The molecule has 0 unspecified atom stereocenters. The molecule has 0 spiro atoms. The van der Waals surface area contributed by atoms with Gasteiger partial charge in [0.1, 0.15) is 5.75 Å². The van der Waals surface area contributed by atoms with E-state index in [-0.39, 0.29) is 17.5 Å². The van der Waals surface area contributed by atoms with Gasteiger partial charge in [-0.3, -0.25) is 4.99 Å². The molecule has 0 N–H and O–H groups in total. The van der Waals surface area contributed by atoms with Crippen molar-refractivity contribution in [1.29, 1.82) is 0 Å². The summed E-state index contributed by atoms with van der Waals surface area (Å²) in [5.41, 5.74) is 0.954. The van der Waals surface area contributed by atoms with E-state index in [2.05, 4.69) is 4.99 Å². The monoisotopic (exact) mass is 253 g/mol. The summed E-state index contributed by atoms with van der Waals surface area (Å²) >= 11 is 0. The lowest BCUT2D eigenvalue weighted by Crippen LogP contribution is -2.07. The summed E-state index contributed by atoms with van der Waals surface area (Å²) in [5, 5.41) is 0. The molecule has 0 radical (unpaired) electrons. The first-order chi connectivity index (χ1) is 8.09. The molecule has 1 aromatic rings. The summed E-state index contributed by atoms with van der Waals surface area (Å²) in [6.45, 7) is 0. The molecular formula is C12H15NO3S. The van der Waals surface area contributed by atoms with Crippen LogP contribution in [0.1, 0.15) is 12.0 Å². The van der Waals surface area contributed by atoms with Gasteiger partial charge in [0.25, 0.3) is 0 Å². The Bertz CT molecular complexity index is 505. The van der Waals surface area contributed by atoms with Crippen molar-refractivity contribution in [1.82, 2.24) is 0 Å². The first-order valence-corrected chi connectivity index (χ1v) is 7.29. The summed E-state index contributed by atoms with van der Waals surface area (Å²) < 4.78 is 27.5. The molecule has 17 heavy (non-hydrogen) atoms. The molecule has 0 amide bonds. The van der Waals surface area contributed by atoms with E-state index >= 15 is 0 Å². The van der Waals surface area contributed by atoms with Crippen LogP contribution in [0.3, 0.4) is 0 Å². The molecule has 1 aromatic carbocycles. The molecule has 4 nitrogen and oxygen atoms in total. The van der Waals surface area contributed by atoms with Gasteiger partial charge in [0.15, 0.2) is 9.84 Å². The minimum atomic E-state index is -2.84. The highest BCUT2D eigenvalue weighted by molar-refractivity contribution is 7.91. The van der Waals surface area contributed by atoms with E-state index in [0.29, 0.717) is 6.42 Å². The molecule has 1 aliphatic rings. The lowest BCUT2D eigenvalue weighted by Gasteiger charge is -2.01. The van der Waals surface area contributed by atoms with Crippen molar-refractivity contribution in [3.63, 3.8) is 0 Å². The van der Waals surface area contributed by atoms with Crippen LogP contribution >= 0.6 is 0 Å². The molecule has 5 heteroatoms. The Kier molecular flexibility index (Phi) is 3.47. The number of aliphatic imine (C=N–C) groups is 1. The van der Waals surface area contributed by atoms with Gasteiger partial charge < -0.3 is 4.74 Å². The first kappa shape index (κ1) is 12.1. The van der Waals surface area contributed by atoms with Crippen LogP contribution in [0.5, 0.6) is 5.75 Å². The predicted octanol–water partition coefficient (Wildman–Crippen LogP) is 1.30. The summed E-state index contributed by atoms with van der Waals surface area (Å²) in [4.78, 5) is 4.30. The lowest BCUT2D eigenvalue weighted by molar-refractivity contribution is 0.415. The van der Waals surface area contributed by atoms with Gasteiger partial charge in [-0.2, -0.15) is 0 Å². The van der Waals surface area contributed by atoms with Crippen LogP contribution in [0.4, 0.5) is 0 Å². The van der Waals surface area contributed by atoms with Crippen molar-refractivity contribution in [2.45, 2.75) is 12.5 Å². The third-order valence-electron chi connectivity index (χ3n) is 2.76. The fraction of sp³-hybridized carbons (Fsp3) is 0.417. The van der Waals surface area contributed by atoms with Crippen LogP contribution < -0.4 is 4.74 Å². The van der Waals surface area contributed by atoms with Crippen molar-refractivity contribution in [2.75, 3.05) is 18.6 Å². The molecule has 1 fully saturated rings. The Morgan fingerprint density at radius 2 is 2.06 bits per heavy atom. The van der Waals surface area contributed by atoms with Crippen molar-refractivity contribution < 1.29 is 13.2 Å². The second-order valence-electron chi connectivity index (χ2n) is 4.11. The van der Waals surface area contributed by atoms with E-state index in [0.717, 1.165) is 11.3 Å². The molecular weight excluding hydrogens is 238 g/mol. The maximum atomic E-state index is 11.2. The number of hydrogen-bond donors (Lipinski definition) is 0. The average Bonchev–Trinajstić information content (AvgIpc) is 2.67. The quantitative estimate of drug-likeness (QED) is 0.763. The summed E-state index contributed by atoms with van der Waals surface area (Å²) in [7, 11) is -1.23. The Balaban J connectivity index is 2.01. The number of benzene rings is 1. The van der Waals surface area contributed by atoms with Gasteiger partial charge in [-0.15, -0.1) is 0 Å². The van der Waals surface area contributed by atoms with E-state index in [1.807, 2.05) is 24.3 Å². The van der Waals surface area contributed by atoms with Crippen LogP contribution in [-0.2, 0) is 9.84 Å². The largest absolute Gasteiger partial charge is 0.497 e. The molecule has 0 bridgehead atoms. The van der Waals surface area contributed by atoms with Gasteiger partial charge in [0.05, 0.1) is 24.7 Å². The van der Waals surface area contributed by atoms with Gasteiger partial charge in [0.2, 0.25) is 0 Å². The third kappa shape index (κ3) is 3.30. The lowest BCUT2D eigenvalue weighted by atomic mass is 10.2. The number of nitrogens with zero attached hydrogens (tertiary/aromatic N) is 1. The van der Waals surface area contributed by atoms with E-state index in [9.17, 15) is 8.42 Å². The molecule has 0 aliphatic carbocycles. The summed E-state index contributed by atoms with van der Waals surface area (Å²) in [6, 6.07) is 7.42. The molecule has 2 rings (SSSR count). The molecule has 1 atom stereocenters. The third-order valence-corrected chi connectivity index (χ3v) is 4.51. The zero-order valence-electron chi connectivity index (χ0n) is 9.67. The Morgan fingerprint density at radius 1 is 1.35 bits per heavy atom. The molecule has 1 heterocycles. The second kappa shape index (κ2) is 4.87. The molecule has 1 saturated heterocycles. The number of ether oxygens (including phenoxy) is 1. The zero-order valence-corrected chi connectivity index (χ0v) is 10.5. The minimum Gasteiger partial charge on any atom is -0.497 e. The molecule has 92 valence electrons. The number of methoxy groups -OCH3 is 1. The predicted molar refractivity (Wildman–Crippen MR) is 67.6 cm³/mol. The topological polar surface area (TPSA) is 55.7 Å². The number of sulfone groups is 1. The highest BCUT2D eigenvalue weighted by Gasteiger charge is 2.26.